The fourth-order valence-electron chi connectivity index (χ4n) is 2.71. The van der Waals surface area contributed by atoms with E-state index in [0.29, 0.717) is 19.1 Å². The van der Waals surface area contributed by atoms with Crippen molar-refractivity contribution in [1.82, 2.24) is 9.80 Å². The van der Waals surface area contributed by atoms with Gasteiger partial charge in [-0.15, -0.1) is 0 Å². The normalized spacial score (nSPS) is 32.0. The lowest BCUT2D eigenvalue weighted by Crippen LogP contribution is -2.46. The monoisotopic (exact) mass is 226 g/mol. The zero-order chi connectivity index (χ0) is 11.5. The number of piperidine rings is 1. The summed E-state index contributed by atoms with van der Waals surface area (Å²) in [6.45, 7) is 5.05. The van der Waals surface area contributed by atoms with E-state index in [-0.39, 0.29) is 12.0 Å². The molecule has 2 heterocycles. The van der Waals surface area contributed by atoms with Gasteiger partial charge in [0.2, 0.25) is 5.91 Å². The van der Waals surface area contributed by atoms with Gasteiger partial charge >= 0.3 is 0 Å². The maximum atomic E-state index is 12.1. The molecule has 4 heteroatoms. The zero-order valence-corrected chi connectivity index (χ0v) is 10.1. The van der Waals surface area contributed by atoms with E-state index >= 15 is 0 Å². The first kappa shape index (κ1) is 11.9. The smallest absolute Gasteiger partial charge is 0.236 e. The molecule has 0 aliphatic carbocycles. The molecule has 2 fully saturated rings. The number of rotatable bonds is 2. The lowest BCUT2D eigenvalue weighted by Gasteiger charge is -2.34. The van der Waals surface area contributed by atoms with Gasteiger partial charge in [-0.1, -0.05) is 0 Å². The third-order valence-electron chi connectivity index (χ3n) is 3.73. The number of amides is 1. The number of aliphatic hydroxyl groups excluding tert-OH is 1. The maximum Gasteiger partial charge on any atom is 0.236 e. The number of aliphatic hydroxyl groups is 1. The largest absolute Gasteiger partial charge is 0.392 e. The van der Waals surface area contributed by atoms with Crippen LogP contribution in [0, 0.1) is 0 Å². The molecular formula is C12H22N2O2. The van der Waals surface area contributed by atoms with Crippen LogP contribution in [0.15, 0.2) is 0 Å². The minimum atomic E-state index is -0.230. The van der Waals surface area contributed by atoms with Crippen LogP contribution >= 0.6 is 0 Å². The van der Waals surface area contributed by atoms with E-state index in [1.54, 1.807) is 0 Å². The predicted octanol–water partition coefficient (Wildman–Crippen LogP) is 0.454. The van der Waals surface area contributed by atoms with Crippen molar-refractivity contribution < 1.29 is 9.90 Å². The van der Waals surface area contributed by atoms with Crippen LogP contribution < -0.4 is 0 Å². The van der Waals surface area contributed by atoms with Gasteiger partial charge in [0.15, 0.2) is 0 Å². The highest BCUT2D eigenvalue weighted by molar-refractivity contribution is 5.78. The van der Waals surface area contributed by atoms with Crippen molar-refractivity contribution in [3.05, 3.63) is 0 Å². The molecule has 16 heavy (non-hydrogen) atoms. The molecule has 0 aromatic rings. The Bertz CT molecular complexity index is 257. The van der Waals surface area contributed by atoms with Crippen LogP contribution in [-0.2, 0) is 4.79 Å². The fraction of sp³-hybridized carbons (Fsp3) is 0.917. The summed E-state index contributed by atoms with van der Waals surface area (Å²) in [5, 5.41) is 9.41. The first-order chi connectivity index (χ1) is 7.66. The summed E-state index contributed by atoms with van der Waals surface area (Å²) in [5.41, 5.74) is 0. The van der Waals surface area contributed by atoms with Crippen LogP contribution in [0.3, 0.4) is 0 Å². The first-order valence-corrected chi connectivity index (χ1v) is 6.36. The Hall–Kier alpha value is -0.610. The Balaban J connectivity index is 1.82. The second-order valence-corrected chi connectivity index (χ2v) is 5.11. The van der Waals surface area contributed by atoms with Gasteiger partial charge in [-0.25, -0.2) is 0 Å². The lowest BCUT2D eigenvalue weighted by atomic mass is 10.0. The van der Waals surface area contributed by atoms with E-state index in [1.165, 1.54) is 6.42 Å². The quantitative estimate of drug-likeness (QED) is 0.743. The summed E-state index contributed by atoms with van der Waals surface area (Å²) >= 11 is 0. The van der Waals surface area contributed by atoms with Crippen molar-refractivity contribution in [2.24, 2.45) is 0 Å². The lowest BCUT2D eigenvalue weighted by molar-refractivity contribution is -0.135. The van der Waals surface area contributed by atoms with Crippen molar-refractivity contribution in [3.8, 4) is 0 Å². The molecule has 2 saturated heterocycles. The number of hydrogen-bond acceptors (Lipinski definition) is 3. The van der Waals surface area contributed by atoms with Gasteiger partial charge in [0.25, 0.3) is 0 Å². The Morgan fingerprint density at radius 1 is 1.31 bits per heavy atom. The summed E-state index contributed by atoms with van der Waals surface area (Å²) in [4.78, 5) is 16.1. The number of likely N-dealkylation sites (tertiary alicyclic amines) is 2. The summed E-state index contributed by atoms with van der Waals surface area (Å²) in [5.74, 6) is 0.237. The number of β-amino-alcohol motifs (C(OH)–C–C–N with tert-alkyl or cyclic N) is 1. The molecule has 2 aliphatic heterocycles. The second-order valence-electron chi connectivity index (χ2n) is 5.11. The molecule has 0 aromatic heterocycles. The zero-order valence-electron chi connectivity index (χ0n) is 10.1. The van der Waals surface area contributed by atoms with Crippen LogP contribution in [0.1, 0.15) is 32.6 Å². The van der Waals surface area contributed by atoms with Crippen LogP contribution in [0.25, 0.3) is 0 Å². The summed E-state index contributed by atoms with van der Waals surface area (Å²) in [6, 6.07) is 0.397. The molecule has 2 rings (SSSR count). The molecule has 0 bridgehead atoms. The molecule has 0 unspecified atom stereocenters. The molecule has 0 spiro atoms. The van der Waals surface area contributed by atoms with Crippen molar-refractivity contribution in [1.29, 1.82) is 0 Å². The van der Waals surface area contributed by atoms with Crippen molar-refractivity contribution >= 4 is 5.91 Å². The Kier molecular flexibility index (Phi) is 3.82. The molecule has 2 atom stereocenters. The summed E-state index contributed by atoms with van der Waals surface area (Å²) in [7, 11) is 0. The Morgan fingerprint density at radius 2 is 2.12 bits per heavy atom. The van der Waals surface area contributed by atoms with Gasteiger partial charge in [-0.2, -0.15) is 0 Å². The molecule has 92 valence electrons. The van der Waals surface area contributed by atoms with Gasteiger partial charge in [0, 0.05) is 25.7 Å². The minimum absolute atomic E-state index is 0.230. The van der Waals surface area contributed by atoms with E-state index in [0.717, 1.165) is 32.4 Å². The molecule has 1 amide bonds. The van der Waals surface area contributed by atoms with E-state index in [2.05, 4.69) is 11.8 Å². The minimum Gasteiger partial charge on any atom is -0.392 e. The van der Waals surface area contributed by atoms with Crippen molar-refractivity contribution in [3.63, 3.8) is 0 Å². The van der Waals surface area contributed by atoms with E-state index in [4.69, 9.17) is 0 Å². The third kappa shape index (κ3) is 2.74. The topological polar surface area (TPSA) is 43.8 Å². The third-order valence-corrected chi connectivity index (χ3v) is 3.73. The van der Waals surface area contributed by atoms with Gasteiger partial charge in [0.05, 0.1) is 12.6 Å². The highest BCUT2D eigenvalue weighted by atomic mass is 16.3. The number of nitrogens with zero attached hydrogens (tertiary/aromatic N) is 2. The molecule has 2 aliphatic rings. The molecule has 0 aromatic carbocycles. The van der Waals surface area contributed by atoms with Gasteiger partial charge in [0.1, 0.15) is 0 Å². The number of carbonyl (C=O) groups excluding carboxylic acids is 1. The standard InChI is InChI=1S/C12H22N2O2/c1-10-4-2-3-6-14(10)12(16)9-13-7-5-11(15)8-13/h10-11,15H,2-9H2,1H3/t10-,11-/m1/s1. The molecular weight excluding hydrogens is 204 g/mol. The predicted molar refractivity (Wildman–Crippen MR) is 62.1 cm³/mol. The van der Waals surface area contributed by atoms with Crippen molar-refractivity contribution in [2.75, 3.05) is 26.2 Å². The summed E-state index contributed by atoms with van der Waals surface area (Å²) in [6.07, 6.45) is 4.09. The summed E-state index contributed by atoms with van der Waals surface area (Å²) < 4.78 is 0. The van der Waals surface area contributed by atoms with Gasteiger partial charge < -0.3 is 10.0 Å². The Labute approximate surface area is 97.2 Å². The van der Waals surface area contributed by atoms with Crippen LogP contribution in [0.2, 0.25) is 0 Å². The maximum absolute atomic E-state index is 12.1. The Morgan fingerprint density at radius 3 is 2.75 bits per heavy atom. The highest BCUT2D eigenvalue weighted by Crippen LogP contribution is 2.17. The van der Waals surface area contributed by atoms with Gasteiger partial charge in [-0.3, -0.25) is 9.69 Å². The molecule has 0 radical (unpaired) electrons. The first-order valence-electron chi connectivity index (χ1n) is 6.36. The molecule has 4 nitrogen and oxygen atoms in total. The molecule has 1 N–H and O–H groups in total. The van der Waals surface area contributed by atoms with Crippen LogP contribution in [-0.4, -0.2) is 59.1 Å². The van der Waals surface area contributed by atoms with Gasteiger partial charge in [-0.05, 0) is 32.6 Å². The number of hydrogen-bond donors (Lipinski definition) is 1. The molecule has 0 saturated carbocycles. The average Bonchev–Trinajstić information content (AvgIpc) is 2.64. The van der Waals surface area contributed by atoms with E-state index < -0.39 is 0 Å². The SMILES string of the molecule is C[C@@H]1CCCCN1C(=O)CN1CC[C@@H](O)C1. The van der Waals surface area contributed by atoms with Crippen LogP contribution in [0.5, 0.6) is 0 Å². The fourth-order valence-corrected chi connectivity index (χ4v) is 2.71. The van der Waals surface area contributed by atoms with Crippen molar-refractivity contribution in [2.45, 2.75) is 44.8 Å². The number of carbonyl (C=O) groups is 1. The van der Waals surface area contributed by atoms with Crippen LogP contribution in [0.4, 0.5) is 0 Å². The van der Waals surface area contributed by atoms with E-state index in [1.807, 2.05) is 4.90 Å². The highest BCUT2D eigenvalue weighted by Gasteiger charge is 2.27. The average molecular weight is 226 g/mol. The van der Waals surface area contributed by atoms with E-state index in [9.17, 15) is 9.90 Å². The second kappa shape index (κ2) is 5.15.